The third kappa shape index (κ3) is 3.94. The van der Waals surface area contributed by atoms with Crippen LogP contribution in [0, 0.1) is 22.5 Å². The fourth-order valence-electron chi connectivity index (χ4n) is 1.79. The average Bonchev–Trinajstić information content (AvgIpc) is 2.34. The smallest absolute Gasteiger partial charge is 0.313 e. The maximum Gasteiger partial charge on any atom is 0.313 e. The van der Waals surface area contributed by atoms with Crippen molar-refractivity contribution in [3.8, 4) is 5.75 Å². The Morgan fingerprint density at radius 3 is 2.65 bits per heavy atom. The Labute approximate surface area is 117 Å². The van der Waals surface area contributed by atoms with Gasteiger partial charge in [-0.15, -0.1) is 0 Å². The van der Waals surface area contributed by atoms with E-state index >= 15 is 0 Å². The van der Waals surface area contributed by atoms with E-state index in [9.17, 15) is 14.9 Å². The Balaban J connectivity index is 2.62. The van der Waals surface area contributed by atoms with Crippen LogP contribution in [0.4, 0.5) is 5.69 Å². The molecule has 1 N–H and O–H groups in total. The molecule has 110 valence electrons. The van der Waals surface area contributed by atoms with Gasteiger partial charge in [0, 0.05) is 5.56 Å². The summed E-state index contributed by atoms with van der Waals surface area (Å²) in [7, 11) is 0. The number of aliphatic carboxylic acids is 1. The van der Waals surface area contributed by atoms with E-state index in [1.807, 2.05) is 0 Å². The average molecular weight is 281 g/mol. The topological polar surface area (TPSA) is 89.7 Å². The van der Waals surface area contributed by atoms with Crippen LogP contribution in [0.25, 0.3) is 0 Å². The van der Waals surface area contributed by atoms with Gasteiger partial charge in [0.1, 0.15) is 0 Å². The Morgan fingerprint density at radius 1 is 1.45 bits per heavy atom. The number of nitro benzene ring substituents is 1. The van der Waals surface area contributed by atoms with E-state index in [0.717, 1.165) is 0 Å². The van der Waals surface area contributed by atoms with Crippen molar-refractivity contribution in [2.45, 2.75) is 33.6 Å². The number of ether oxygens (including phenoxy) is 1. The molecule has 6 heteroatoms. The number of nitrogens with zero attached hydrogens (tertiary/aromatic N) is 1. The van der Waals surface area contributed by atoms with Gasteiger partial charge in [-0.3, -0.25) is 14.9 Å². The van der Waals surface area contributed by atoms with Crippen LogP contribution in [0.2, 0.25) is 0 Å². The molecule has 0 amide bonds. The Bertz CT molecular complexity index is 510. The number of nitro groups is 1. The van der Waals surface area contributed by atoms with Crippen LogP contribution in [-0.2, 0) is 4.79 Å². The van der Waals surface area contributed by atoms with E-state index < -0.39 is 16.3 Å². The number of benzene rings is 1. The third-order valence-corrected chi connectivity index (χ3v) is 3.17. The van der Waals surface area contributed by atoms with E-state index in [-0.39, 0.29) is 18.0 Å². The SMILES string of the molecule is Cc1cccc(OCCCC(C)(C)C(=O)O)c1[N+](=O)[O-]. The van der Waals surface area contributed by atoms with Crippen molar-refractivity contribution in [1.29, 1.82) is 0 Å². The fourth-order valence-corrected chi connectivity index (χ4v) is 1.79. The predicted octanol–water partition coefficient (Wildman–Crippen LogP) is 3.17. The quantitative estimate of drug-likeness (QED) is 0.471. The fraction of sp³-hybridized carbons (Fsp3) is 0.500. The van der Waals surface area contributed by atoms with E-state index in [1.54, 1.807) is 39.0 Å². The van der Waals surface area contributed by atoms with Gasteiger partial charge < -0.3 is 9.84 Å². The number of carboxylic acid groups (broad SMARTS) is 1. The van der Waals surface area contributed by atoms with Crippen molar-refractivity contribution in [1.82, 2.24) is 0 Å². The van der Waals surface area contributed by atoms with Gasteiger partial charge in [-0.25, -0.2) is 0 Å². The van der Waals surface area contributed by atoms with Gasteiger partial charge in [0.2, 0.25) is 0 Å². The lowest BCUT2D eigenvalue weighted by Gasteiger charge is -2.18. The molecular weight excluding hydrogens is 262 g/mol. The molecule has 0 saturated heterocycles. The molecule has 0 radical (unpaired) electrons. The minimum absolute atomic E-state index is 0.0370. The molecule has 0 aliphatic carbocycles. The first-order chi connectivity index (χ1) is 9.25. The second-order valence-corrected chi connectivity index (χ2v) is 5.32. The second-order valence-electron chi connectivity index (χ2n) is 5.32. The maximum absolute atomic E-state index is 11.0. The van der Waals surface area contributed by atoms with Crippen molar-refractivity contribution in [3.63, 3.8) is 0 Å². The van der Waals surface area contributed by atoms with Crippen LogP contribution in [-0.4, -0.2) is 22.6 Å². The molecule has 6 nitrogen and oxygen atoms in total. The molecule has 0 unspecified atom stereocenters. The summed E-state index contributed by atoms with van der Waals surface area (Å²) in [5, 5.41) is 20.0. The van der Waals surface area contributed by atoms with Crippen LogP contribution in [0.15, 0.2) is 18.2 Å². The molecular formula is C14H19NO5. The summed E-state index contributed by atoms with van der Waals surface area (Å²) in [6, 6.07) is 4.89. The van der Waals surface area contributed by atoms with Crippen LogP contribution in [0.1, 0.15) is 32.3 Å². The zero-order valence-electron chi connectivity index (χ0n) is 11.9. The summed E-state index contributed by atoms with van der Waals surface area (Å²) < 4.78 is 5.42. The number of rotatable bonds is 7. The highest BCUT2D eigenvalue weighted by Crippen LogP contribution is 2.30. The first-order valence-corrected chi connectivity index (χ1v) is 6.36. The third-order valence-electron chi connectivity index (χ3n) is 3.17. The Kier molecular flexibility index (Phi) is 5.07. The van der Waals surface area contributed by atoms with Crippen molar-refractivity contribution in [2.24, 2.45) is 5.41 Å². The van der Waals surface area contributed by atoms with Gasteiger partial charge in [0.25, 0.3) is 0 Å². The standard InChI is InChI=1S/C14H19NO5/c1-10-6-4-7-11(12(10)15(18)19)20-9-5-8-14(2,3)13(16)17/h4,6-7H,5,8-9H2,1-3H3,(H,16,17). The molecule has 0 aliphatic rings. The lowest BCUT2D eigenvalue weighted by atomic mass is 9.88. The van der Waals surface area contributed by atoms with Gasteiger partial charge in [0.15, 0.2) is 5.75 Å². The van der Waals surface area contributed by atoms with Gasteiger partial charge in [0.05, 0.1) is 16.9 Å². The van der Waals surface area contributed by atoms with E-state index in [4.69, 9.17) is 9.84 Å². The summed E-state index contributed by atoms with van der Waals surface area (Å²) in [4.78, 5) is 21.4. The van der Waals surface area contributed by atoms with Crippen LogP contribution < -0.4 is 4.74 Å². The minimum Gasteiger partial charge on any atom is -0.487 e. The van der Waals surface area contributed by atoms with E-state index in [0.29, 0.717) is 18.4 Å². The lowest BCUT2D eigenvalue weighted by Crippen LogP contribution is -2.24. The number of hydrogen-bond donors (Lipinski definition) is 1. The molecule has 0 aliphatic heterocycles. The van der Waals surface area contributed by atoms with E-state index in [2.05, 4.69) is 0 Å². The lowest BCUT2D eigenvalue weighted by molar-refractivity contribution is -0.386. The molecule has 20 heavy (non-hydrogen) atoms. The summed E-state index contributed by atoms with van der Waals surface area (Å²) in [5.41, 5.74) is -0.314. The highest BCUT2D eigenvalue weighted by Gasteiger charge is 2.26. The molecule has 0 bridgehead atoms. The van der Waals surface area contributed by atoms with Crippen LogP contribution in [0.5, 0.6) is 5.75 Å². The summed E-state index contributed by atoms with van der Waals surface area (Å²) >= 11 is 0. The molecule has 0 spiro atoms. The van der Waals surface area contributed by atoms with Crippen molar-refractivity contribution >= 4 is 11.7 Å². The van der Waals surface area contributed by atoms with Crippen LogP contribution >= 0.6 is 0 Å². The largest absolute Gasteiger partial charge is 0.487 e. The summed E-state index contributed by atoms with van der Waals surface area (Å²) in [6.45, 7) is 5.19. The Hall–Kier alpha value is -2.11. The normalized spacial score (nSPS) is 11.2. The molecule has 0 atom stereocenters. The van der Waals surface area contributed by atoms with Crippen LogP contribution in [0.3, 0.4) is 0 Å². The predicted molar refractivity (Wildman–Crippen MR) is 74.0 cm³/mol. The Morgan fingerprint density at radius 2 is 2.10 bits per heavy atom. The summed E-state index contributed by atoms with van der Waals surface area (Å²) in [5.74, 6) is -0.637. The van der Waals surface area contributed by atoms with E-state index in [1.165, 1.54) is 0 Å². The molecule has 1 aromatic carbocycles. The highest BCUT2D eigenvalue weighted by molar-refractivity contribution is 5.73. The number of carbonyl (C=O) groups is 1. The molecule has 0 aromatic heterocycles. The van der Waals surface area contributed by atoms with Gasteiger partial charge in [-0.05, 0) is 39.7 Å². The first kappa shape index (κ1) is 15.9. The van der Waals surface area contributed by atoms with Crippen molar-refractivity contribution in [3.05, 3.63) is 33.9 Å². The van der Waals surface area contributed by atoms with Gasteiger partial charge in [-0.2, -0.15) is 0 Å². The monoisotopic (exact) mass is 281 g/mol. The zero-order chi connectivity index (χ0) is 15.3. The van der Waals surface area contributed by atoms with Crippen molar-refractivity contribution < 1.29 is 19.6 Å². The number of aryl methyl sites for hydroxylation is 1. The molecule has 0 saturated carbocycles. The maximum atomic E-state index is 11.0. The second kappa shape index (κ2) is 6.36. The number of para-hydroxylation sites is 1. The molecule has 1 aromatic rings. The van der Waals surface area contributed by atoms with Crippen molar-refractivity contribution in [2.75, 3.05) is 6.61 Å². The first-order valence-electron chi connectivity index (χ1n) is 6.36. The highest BCUT2D eigenvalue weighted by atomic mass is 16.6. The molecule has 0 fully saturated rings. The number of hydrogen-bond acceptors (Lipinski definition) is 4. The number of carboxylic acids is 1. The summed E-state index contributed by atoms with van der Waals surface area (Å²) in [6.07, 6.45) is 0.965. The van der Waals surface area contributed by atoms with Gasteiger partial charge >= 0.3 is 11.7 Å². The minimum atomic E-state index is -0.862. The molecule has 1 rings (SSSR count). The van der Waals surface area contributed by atoms with Gasteiger partial charge in [-0.1, -0.05) is 12.1 Å². The zero-order valence-corrected chi connectivity index (χ0v) is 11.9. The molecule has 0 heterocycles.